The van der Waals surface area contributed by atoms with Gasteiger partial charge in [0.1, 0.15) is 12.5 Å². The lowest BCUT2D eigenvalue weighted by Crippen LogP contribution is -2.22. The van der Waals surface area contributed by atoms with E-state index in [1.807, 2.05) is 20.8 Å². The van der Waals surface area contributed by atoms with Crippen molar-refractivity contribution >= 4 is 5.97 Å². The van der Waals surface area contributed by atoms with Crippen LogP contribution in [-0.4, -0.2) is 31.4 Å². The molecule has 0 N–H and O–H groups in total. The number of ether oxygens (including phenoxy) is 2. The van der Waals surface area contributed by atoms with Gasteiger partial charge < -0.3 is 14.0 Å². The zero-order valence-electron chi connectivity index (χ0n) is 10.7. The van der Waals surface area contributed by atoms with Crippen LogP contribution in [0.2, 0.25) is 0 Å². The molecule has 0 saturated carbocycles. The molecule has 1 rings (SSSR count). The van der Waals surface area contributed by atoms with Crippen LogP contribution >= 0.6 is 0 Å². The molecular formula is C12H19NO4. The van der Waals surface area contributed by atoms with Gasteiger partial charge in [-0.2, -0.15) is 0 Å². The zero-order chi connectivity index (χ0) is 12.8. The minimum atomic E-state index is -0.409. The minimum absolute atomic E-state index is 0.0948. The van der Waals surface area contributed by atoms with E-state index >= 15 is 0 Å². The van der Waals surface area contributed by atoms with Gasteiger partial charge in [0.25, 0.3) is 0 Å². The summed E-state index contributed by atoms with van der Waals surface area (Å²) in [7, 11) is 1.56. The molecule has 0 amide bonds. The largest absolute Gasteiger partial charge is 0.463 e. The average molecular weight is 241 g/mol. The predicted molar refractivity (Wildman–Crippen MR) is 61.7 cm³/mol. The van der Waals surface area contributed by atoms with Crippen LogP contribution in [-0.2, 0) is 14.3 Å². The first-order chi connectivity index (χ1) is 8.06. The summed E-state index contributed by atoms with van der Waals surface area (Å²) in [4.78, 5) is 11.9. The maximum absolute atomic E-state index is 11.9. The number of hydrogen-bond acceptors (Lipinski definition) is 5. The molecule has 0 aliphatic heterocycles. The molecular weight excluding hydrogens is 222 g/mol. The molecule has 0 spiro atoms. The van der Waals surface area contributed by atoms with E-state index < -0.39 is 5.92 Å². The fourth-order valence-electron chi connectivity index (χ4n) is 1.56. The number of esters is 1. The van der Waals surface area contributed by atoms with Gasteiger partial charge in [-0.25, -0.2) is 0 Å². The molecule has 0 saturated heterocycles. The zero-order valence-corrected chi connectivity index (χ0v) is 10.7. The van der Waals surface area contributed by atoms with Gasteiger partial charge in [0.15, 0.2) is 5.76 Å². The smallest absolute Gasteiger partial charge is 0.317 e. The van der Waals surface area contributed by atoms with E-state index in [9.17, 15) is 4.79 Å². The predicted octanol–water partition coefficient (Wildman–Crippen LogP) is 1.91. The molecule has 0 aromatic carbocycles. The van der Waals surface area contributed by atoms with Gasteiger partial charge >= 0.3 is 5.97 Å². The summed E-state index contributed by atoms with van der Waals surface area (Å²) in [5.74, 6) is -0.0569. The fourth-order valence-corrected chi connectivity index (χ4v) is 1.56. The highest BCUT2D eigenvalue weighted by Gasteiger charge is 2.29. The van der Waals surface area contributed by atoms with Crippen LogP contribution in [0.15, 0.2) is 10.6 Å². The lowest BCUT2D eigenvalue weighted by atomic mass is 9.93. The average Bonchev–Trinajstić information content (AvgIpc) is 2.65. The van der Waals surface area contributed by atoms with Gasteiger partial charge in [0.05, 0.1) is 12.3 Å². The number of nitrogens with zero attached hydrogens (tertiary/aromatic N) is 1. The highest BCUT2D eigenvalue weighted by molar-refractivity contribution is 5.77. The maximum Gasteiger partial charge on any atom is 0.317 e. The van der Waals surface area contributed by atoms with Crippen molar-refractivity contribution in [3.63, 3.8) is 0 Å². The number of rotatable bonds is 6. The van der Waals surface area contributed by atoms with Crippen molar-refractivity contribution < 1.29 is 18.8 Å². The summed E-state index contributed by atoms with van der Waals surface area (Å²) < 4.78 is 15.1. The summed E-state index contributed by atoms with van der Waals surface area (Å²) in [6, 6.07) is 1.77. The molecule has 0 aliphatic rings. The Balaban J connectivity index is 2.69. The summed E-state index contributed by atoms with van der Waals surface area (Å²) in [6.07, 6.45) is 0. The molecule has 5 nitrogen and oxygen atoms in total. The van der Waals surface area contributed by atoms with Gasteiger partial charge in [-0.05, 0) is 12.8 Å². The van der Waals surface area contributed by atoms with Crippen molar-refractivity contribution in [2.45, 2.75) is 26.7 Å². The Bertz CT molecular complexity index is 359. The highest BCUT2D eigenvalue weighted by Crippen LogP contribution is 2.26. The molecule has 0 bridgehead atoms. The number of methoxy groups -OCH3 is 1. The molecule has 0 radical (unpaired) electrons. The molecule has 1 heterocycles. The number of hydrogen-bond donors (Lipinski definition) is 0. The second-order valence-electron chi connectivity index (χ2n) is 4.25. The van der Waals surface area contributed by atoms with Crippen LogP contribution in [0.25, 0.3) is 0 Å². The molecule has 96 valence electrons. The summed E-state index contributed by atoms with van der Waals surface area (Å²) in [5, 5.41) is 3.79. The monoisotopic (exact) mass is 241 g/mol. The van der Waals surface area contributed by atoms with Crippen LogP contribution in [0, 0.1) is 12.8 Å². The first kappa shape index (κ1) is 13.7. The number of carbonyl (C=O) groups is 1. The lowest BCUT2D eigenvalue weighted by Gasteiger charge is -2.16. The summed E-state index contributed by atoms with van der Waals surface area (Å²) in [5.41, 5.74) is 0.760. The third kappa shape index (κ3) is 3.85. The molecule has 17 heavy (non-hydrogen) atoms. The van der Waals surface area contributed by atoms with E-state index in [0.29, 0.717) is 12.4 Å². The third-order valence-electron chi connectivity index (χ3n) is 2.41. The number of aromatic nitrogens is 1. The molecule has 0 aliphatic carbocycles. The van der Waals surface area contributed by atoms with Crippen LogP contribution < -0.4 is 0 Å². The molecule has 0 fully saturated rings. The number of aryl methyl sites for hydroxylation is 1. The maximum atomic E-state index is 11.9. The van der Waals surface area contributed by atoms with E-state index in [1.165, 1.54) is 0 Å². The van der Waals surface area contributed by atoms with Crippen LogP contribution in [0.3, 0.4) is 0 Å². The van der Waals surface area contributed by atoms with Gasteiger partial charge in [0, 0.05) is 13.2 Å². The topological polar surface area (TPSA) is 61.6 Å². The number of carbonyl (C=O) groups excluding carboxylic acids is 1. The van der Waals surface area contributed by atoms with Gasteiger partial charge in [-0.15, -0.1) is 0 Å². The molecule has 1 aromatic rings. The standard InChI is InChI=1S/C12H19NO4/c1-8(2)11(10-7-9(3)13-17-10)12(14)16-6-5-15-4/h7-8,11H,5-6H2,1-4H3. The van der Waals surface area contributed by atoms with Gasteiger partial charge in [-0.1, -0.05) is 19.0 Å². The first-order valence-electron chi connectivity index (χ1n) is 5.65. The van der Waals surface area contributed by atoms with Crippen LogP contribution in [0.5, 0.6) is 0 Å². The van der Waals surface area contributed by atoms with E-state index in [1.54, 1.807) is 13.2 Å². The molecule has 1 unspecified atom stereocenters. The summed E-state index contributed by atoms with van der Waals surface area (Å²) >= 11 is 0. The Morgan fingerprint density at radius 3 is 2.65 bits per heavy atom. The van der Waals surface area contributed by atoms with Crippen molar-refractivity contribution in [1.29, 1.82) is 0 Å². The lowest BCUT2D eigenvalue weighted by molar-refractivity contribution is -0.148. The van der Waals surface area contributed by atoms with Crippen molar-refractivity contribution in [3.8, 4) is 0 Å². The normalized spacial score (nSPS) is 12.8. The Morgan fingerprint density at radius 1 is 1.47 bits per heavy atom. The minimum Gasteiger partial charge on any atom is -0.463 e. The third-order valence-corrected chi connectivity index (χ3v) is 2.41. The Hall–Kier alpha value is -1.36. The fraction of sp³-hybridized carbons (Fsp3) is 0.667. The summed E-state index contributed by atoms with van der Waals surface area (Å²) in [6.45, 7) is 6.36. The molecule has 5 heteroatoms. The molecule has 1 aromatic heterocycles. The second kappa shape index (κ2) is 6.39. The van der Waals surface area contributed by atoms with E-state index in [-0.39, 0.29) is 18.5 Å². The van der Waals surface area contributed by atoms with Crippen molar-refractivity contribution in [3.05, 3.63) is 17.5 Å². The van der Waals surface area contributed by atoms with Crippen molar-refractivity contribution in [2.24, 2.45) is 5.92 Å². The Labute approximate surface area is 101 Å². The highest BCUT2D eigenvalue weighted by atomic mass is 16.6. The first-order valence-corrected chi connectivity index (χ1v) is 5.65. The Morgan fingerprint density at radius 2 is 2.18 bits per heavy atom. The van der Waals surface area contributed by atoms with Crippen molar-refractivity contribution in [1.82, 2.24) is 5.16 Å². The van der Waals surface area contributed by atoms with Crippen molar-refractivity contribution in [2.75, 3.05) is 20.3 Å². The van der Waals surface area contributed by atoms with Crippen LogP contribution in [0.4, 0.5) is 0 Å². The van der Waals surface area contributed by atoms with Crippen LogP contribution in [0.1, 0.15) is 31.2 Å². The quantitative estimate of drug-likeness (QED) is 0.562. The van der Waals surface area contributed by atoms with E-state index in [4.69, 9.17) is 14.0 Å². The van der Waals surface area contributed by atoms with E-state index in [2.05, 4.69) is 5.16 Å². The SMILES string of the molecule is COCCOC(=O)C(c1cc(C)no1)C(C)C. The second-order valence-corrected chi connectivity index (χ2v) is 4.25. The van der Waals surface area contributed by atoms with E-state index in [0.717, 1.165) is 5.69 Å². The Kier molecular flexibility index (Phi) is 5.15. The molecule has 1 atom stereocenters. The van der Waals surface area contributed by atoms with Gasteiger partial charge in [0.2, 0.25) is 0 Å². The van der Waals surface area contributed by atoms with Gasteiger partial charge in [-0.3, -0.25) is 4.79 Å².